The van der Waals surface area contributed by atoms with Crippen molar-refractivity contribution in [3.63, 3.8) is 0 Å². The zero-order valence-corrected chi connectivity index (χ0v) is 12.7. The summed E-state index contributed by atoms with van der Waals surface area (Å²) in [6, 6.07) is 6.67. The normalized spacial score (nSPS) is 16.0. The number of nitrogens with zero attached hydrogens (tertiary/aromatic N) is 4. The van der Waals surface area contributed by atoms with E-state index in [1.165, 1.54) is 12.1 Å². The van der Waals surface area contributed by atoms with Crippen molar-refractivity contribution in [1.29, 1.82) is 0 Å². The number of nitrogens with two attached hydrogens (primary N) is 1. The number of piperazine rings is 1. The van der Waals surface area contributed by atoms with Gasteiger partial charge in [-0.2, -0.15) is 0 Å². The van der Waals surface area contributed by atoms with E-state index in [1.54, 1.807) is 0 Å². The van der Waals surface area contributed by atoms with Crippen molar-refractivity contribution in [1.82, 2.24) is 14.9 Å². The molecule has 2 heterocycles. The zero-order valence-electron chi connectivity index (χ0n) is 12.7. The highest BCUT2D eigenvalue weighted by Gasteiger charge is 2.18. The minimum absolute atomic E-state index is 0.197. The lowest BCUT2D eigenvalue weighted by Crippen LogP contribution is -2.46. The van der Waals surface area contributed by atoms with Crippen molar-refractivity contribution < 1.29 is 4.39 Å². The molecule has 116 valence electrons. The average Bonchev–Trinajstić information content (AvgIpc) is 2.52. The van der Waals surface area contributed by atoms with E-state index < -0.39 is 0 Å². The van der Waals surface area contributed by atoms with Gasteiger partial charge in [-0.15, -0.1) is 0 Å². The van der Waals surface area contributed by atoms with E-state index in [0.717, 1.165) is 44.0 Å². The predicted octanol–water partition coefficient (Wildman–Crippen LogP) is 1.83. The van der Waals surface area contributed by atoms with Crippen LogP contribution >= 0.6 is 0 Å². The first-order chi connectivity index (χ1) is 10.6. The van der Waals surface area contributed by atoms with Gasteiger partial charge in [-0.05, 0) is 31.2 Å². The van der Waals surface area contributed by atoms with Crippen molar-refractivity contribution in [2.75, 3.05) is 36.8 Å². The number of benzene rings is 1. The molecule has 0 amide bonds. The van der Waals surface area contributed by atoms with Gasteiger partial charge in [-0.1, -0.05) is 0 Å². The van der Waals surface area contributed by atoms with Crippen molar-refractivity contribution in [3.05, 3.63) is 47.7 Å². The average molecular weight is 301 g/mol. The fourth-order valence-corrected chi connectivity index (χ4v) is 2.69. The Balaban J connectivity index is 1.58. The van der Waals surface area contributed by atoms with Gasteiger partial charge in [-0.25, -0.2) is 14.4 Å². The minimum atomic E-state index is -0.197. The topological polar surface area (TPSA) is 58.3 Å². The van der Waals surface area contributed by atoms with Crippen molar-refractivity contribution >= 4 is 11.5 Å². The maximum absolute atomic E-state index is 13.0. The number of hydrogen-bond acceptors (Lipinski definition) is 5. The number of anilines is 2. The molecule has 22 heavy (non-hydrogen) atoms. The quantitative estimate of drug-likeness (QED) is 0.937. The second-order valence-electron chi connectivity index (χ2n) is 5.57. The Kier molecular flexibility index (Phi) is 4.20. The highest BCUT2D eigenvalue weighted by atomic mass is 19.1. The highest BCUT2D eigenvalue weighted by molar-refractivity contribution is 5.46. The standard InChI is InChI=1S/C16H20FN5/c1-12-19-10-13(16(18)20-12)11-21-6-8-22(9-7-21)15-4-2-14(17)3-5-15/h2-5,10H,6-9,11H2,1H3,(H2,18,19,20). The number of aryl methyl sites for hydroxylation is 1. The first-order valence-corrected chi connectivity index (χ1v) is 7.43. The summed E-state index contributed by atoms with van der Waals surface area (Å²) in [6.07, 6.45) is 1.81. The molecule has 0 atom stereocenters. The van der Waals surface area contributed by atoms with Gasteiger partial charge in [0.1, 0.15) is 17.5 Å². The Labute approximate surface area is 129 Å². The second-order valence-corrected chi connectivity index (χ2v) is 5.57. The van der Waals surface area contributed by atoms with Gasteiger partial charge in [0.05, 0.1) is 0 Å². The molecule has 2 N–H and O–H groups in total. The molecule has 0 spiro atoms. The van der Waals surface area contributed by atoms with Crippen molar-refractivity contribution in [2.45, 2.75) is 13.5 Å². The van der Waals surface area contributed by atoms with Crippen LogP contribution < -0.4 is 10.6 Å². The van der Waals surface area contributed by atoms with E-state index in [4.69, 9.17) is 5.73 Å². The summed E-state index contributed by atoms with van der Waals surface area (Å²) in [6.45, 7) is 6.30. The molecule has 6 heteroatoms. The number of hydrogen-bond donors (Lipinski definition) is 1. The number of halogens is 1. The molecule has 1 aliphatic rings. The Morgan fingerprint density at radius 1 is 1.14 bits per heavy atom. The summed E-state index contributed by atoms with van der Waals surface area (Å²) in [4.78, 5) is 13.0. The molecule has 1 aliphatic heterocycles. The predicted molar refractivity (Wildman–Crippen MR) is 85.1 cm³/mol. The van der Waals surface area contributed by atoms with Crippen LogP contribution in [0.15, 0.2) is 30.5 Å². The van der Waals surface area contributed by atoms with Gasteiger partial charge >= 0.3 is 0 Å². The lowest BCUT2D eigenvalue weighted by Gasteiger charge is -2.36. The molecule has 2 aromatic rings. The molecule has 0 saturated carbocycles. The molecule has 1 saturated heterocycles. The van der Waals surface area contributed by atoms with Crippen LogP contribution in [-0.2, 0) is 6.54 Å². The molecule has 3 rings (SSSR count). The third-order valence-electron chi connectivity index (χ3n) is 3.98. The second kappa shape index (κ2) is 6.27. The Morgan fingerprint density at radius 3 is 2.45 bits per heavy atom. The van der Waals surface area contributed by atoms with E-state index in [1.807, 2.05) is 25.3 Å². The largest absolute Gasteiger partial charge is 0.383 e. The van der Waals surface area contributed by atoms with Gasteiger partial charge in [0.25, 0.3) is 0 Å². The lowest BCUT2D eigenvalue weighted by atomic mass is 10.2. The monoisotopic (exact) mass is 301 g/mol. The Morgan fingerprint density at radius 2 is 1.82 bits per heavy atom. The molecular weight excluding hydrogens is 281 g/mol. The van der Waals surface area contributed by atoms with Gasteiger partial charge in [-0.3, -0.25) is 4.90 Å². The third kappa shape index (κ3) is 3.33. The van der Waals surface area contributed by atoms with Crippen LogP contribution in [0.1, 0.15) is 11.4 Å². The molecule has 1 aromatic carbocycles. The van der Waals surface area contributed by atoms with E-state index in [0.29, 0.717) is 11.6 Å². The van der Waals surface area contributed by atoms with Crippen molar-refractivity contribution in [2.24, 2.45) is 0 Å². The van der Waals surface area contributed by atoms with Crippen LogP contribution in [0.2, 0.25) is 0 Å². The minimum Gasteiger partial charge on any atom is -0.383 e. The van der Waals surface area contributed by atoms with Gasteiger partial charge in [0, 0.05) is 50.2 Å². The molecule has 1 fully saturated rings. The molecular formula is C16H20FN5. The van der Waals surface area contributed by atoms with E-state index in [2.05, 4.69) is 19.8 Å². The van der Waals surface area contributed by atoms with Gasteiger partial charge < -0.3 is 10.6 Å². The summed E-state index contributed by atoms with van der Waals surface area (Å²) >= 11 is 0. The molecule has 0 bridgehead atoms. The molecule has 0 unspecified atom stereocenters. The molecule has 0 radical (unpaired) electrons. The summed E-state index contributed by atoms with van der Waals surface area (Å²) in [5.41, 5.74) is 7.99. The van der Waals surface area contributed by atoms with Gasteiger partial charge in [0.15, 0.2) is 0 Å². The highest BCUT2D eigenvalue weighted by Crippen LogP contribution is 2.18. The van der Waals surface area contributed by atoms with Gasteiger partial charge in [0.2, 0.25) is 0 Å². The smallest absolute Gasteiger partial charge is 0.131 e. The summed E-state index contributed by atoms with van der Waals surface area (Å²) in [5, 5.41) is 0. The van der Waals surface area contributed by atoms with Crippen LogP contribution in [0.25, 0.3) is 0 Å². The fourth-order valence-electron chi connectivity index (χ4n) is 2.69. The summed E-state index contributed by atoms with van der Waals surface area (Å²) < 4.78 is 13.0. The molecule has 5 nitrogen and oxygen atoms in total. The maximum atomic E-state index is 13.0. The van der Waals surface area contributed by atoms with Crippen LogP contribution in [0.4, 0.5) is 15.9 Å². The number of aromatic nitrogens is 2. The molecule has 1 aromatic heterocycles. The number of nitrogen functional groups attached to an aromatic ring is 1. The third-order valence-corrected chi connectivity index (χ3v) is 3.98. The SMILES string of the molecule is Cc1ncc(CN2CCN(c3ccc(F)cc3)CC2)c(N)n1. The maximum Gasteiger partial charge on any atom is 0.131 e. The Bertz CT molecular complexity index is 635. The van der Waals surface area contributed by atoms with Crippen LogP contribution in [0, 0.1) is 12.7 Å². The summed E-state index contributed by atoms with van der Waals surface area (Å²) in [7, 11) is 0. The first kappa shape index (κ1) is 14.7. The lowest BCUT2D eigenvalue weighted by molar-refractivity contribution is 0.250. The number of rotatable bonds is 3. The fraction of sp³-hybridized carbons (Fsp3) is 0.375. The van der Waals surface area contributed by atoms with Crippen molar-refractivity contribution in [3.8, 4) is 0 Å². The van der Waals surface area contributed by atoms with Crippen LogP contribution in [0.5, 0.6) is 0 Å². The van der Waals surface area contributed by atoms with Crippen LogP contribution in [-0.4, -0.2) is 41.0 Å². The zero-order chi connectivity index (χ0) is 15.5. The molecule has 0 aliphatic carbocycles. The summed E-state index contributed by atoms with van der Waals surface area (Å²) in [5.74, 6) is 1.06. The first-order valence-electron chi connectivity index (χ1n) is 7.43. The van der Waals surface area contributed by atoms with E-state index >= 15 is 0 Å². The van der Waals surface area contributed by atoms with Crippen LogP contribution in [0.3, 0.4) is 0 Å². The van der Waals surface area contributed by atoms with E-state index in [9.17, 15) is 4.39 Å². The Hall–Kier alpha value is -2.21. The van der Waals surface area contributed by atoms with E-state index in [-0.39, 0.29) is 5.82 Å².